The van der Waals surface area contributed by atoms with Crippen molar-refractivity contribution in [1.29, 1.82) is 0 Å². The maximum atomic E-state index is 13.1. The minimum atomic E-state index is -1.01. The van der Waals surface area contributed by atoms with Gasteiger partial charge in [0.25, 0.3) is 0 Å². The number of hydrogen-bond donors (Lipinski definition) is 0. The molecule has 0 aliphatic carbocycles. The molecule has 0 unspecified atom stereocenters. The summed E-state index contributed by atoms with van der Waals surface area (Å²) in [6.45, 7) is 6.13. The SMILES string of the molecule is CC(C)(C)c1csc(CC(=O)c2ccc(F)c(F)c2)n1. The lowest BCUT2D eigenvalue weighted by molar-refractivity contribution is 0.0992. The van der Waals surface area contributed by atoms with Crippen molar-refractivity contribution in [2.24, 2.45) is 0 Å². The molecule has 0 amide bonds. The number of thiazole rings is 1. The maximum absolute atomic E-state index is 13.1. The van der Waals surface area contributed by atoms with E-state index in [1.807, 2.05) is 26.2 Å². The highest BCUT2D eigenvalue weighted by molar-refractivity contribution is 7.09. The zero-order valence-electron chi connectivity index (χ0n) is 11.5. The molecule has 0 saturated carbocycles. The smallest absolute Gasteiger partial charge is 0.169 e. The Bertz CT molecular complexity index is 644. The third-order valence-corrected chi connectivity index (χ3v) is 3.72. The lowest BCUT2D eigenvalue weighted by Gasteiger charge is -2.14. The fourth-order valence-corrected chi connectivity index (χ4v) is 2.66. The first-order valence-electron chi connectivity index (χ1n) is 6.20. The summed E-state index contributed by atoms with van der Waals surface area (Å²) in [7, 11) is 0. The summed E-state index contributed by atoms with van der Waals surface area (Å²) in [5.41, 5.74) is 1.02. The molecule has 0 radical (unpaired) electrons. The molecule has 0 N–H and O–H groups in total. The van der Waals surface area contributed by atoms with Crippen LogP contribution in [0.5, 0.6) is 0 Å². The van der Waals surface area contributed by atoms with Crippen molar-refractivity contribution in [3.8, 4) is 0 Å². The molecule has 0 spiro atoms. The van der Waals surface area contributed by atoms with Crippen molar-refractivity contribution in [3.63, 3.8) is 0 Å². The van der Waals surface area contributed by atoms with Crippen LogP contribution in [0.2, 0.25) is 0 Å². The molecule has 1 heterocycles. The number of Topliss-reactive ketones (excluding diaryl/α,β-unsaturated/α-hetero) is 1. The Morgan fingerprint density at radius 3 is 2.50 bits per heavy atom. The minimum absolute atomic E-state index is 0.0697. The van der Waals surface area contributed by atoms with Crippen LogP contribution >= 0.6 is 11.3 Å². The molecule has 5 heteroatoms. The first-order chi connectivity index (χ1) is 9.27. The van der Waals surface area contributed by atoms with E-state index in [1.165, 1.54) is 17.4 Å². The number of hydrogen-bond acceptors (Lipinski definition) is 3. The number of ketones is 1. The van der Waals surface area contributed by atoms with Gasteiger partial charge in [0, 0.05) is 16.4 Å². The first-order valence-corrected chi connectivity index (χ1v) is 7.08. The van der Waals surface area contributed by atoms with Crippen LogP contribution in [0.25, 0.3) is 0 Å². The van der Waals surface area contributed by atoms with E-state index >= 15 is 0 Å². The van der Waals surface area contributed by atoms with E-state index < -0.39 is 11.6 Å². The van der Waals surface area contributed by atoms with E-state index in [4.69, 9.17) is 0 Å². The maximum Gasteiger partial charge on any atom is 0.169 e. The van der Waals surface area contributed by atoms with Gasteiger partial charge in [-0.15, -0.1) is 11.3 Å². The van der Waals surface area contributed by atoms with Crippen LogP contribution in [0.1, 0.15) is 41.8 Å². The summed E-state index contributed by atoms with van der Waals surface area (Å²) in [5, 5.41) is 2.61. The molecule has 2 rings (SSSR count). The molecule has 1 aromatic heterocycles. The lowest BCUT2D eigenvalue weighted by atomic mass is 9.93. The molecule has 0 bridgehead atoms. The third kappa shape index (κ3) is 3.28. The van der Waals surface area contributed by atoms with Gasteiger partial charge >= 0.3 is 0 Å². The summed E-state index contributed by atoms with van der Waals surface area (Å²) >= 11 is 1.41. The Kier molecular flexibility index (Phi) is 3.99. The van der Waals surface area contributed by atoms with Crippen LogP contribution in [0.4, 0.5) is 8.78 Å². The number of benzene rings is 1. The van der Waals surface area contributed by atoms with Crippen molar-refractivity contribution in [3.05, 3.63) is 51.5 Å². The molecule has 1 aromatic carbocycles. The van der Waals surface area contributed by atoms with E-state index in [-0.39, 0.29) is 23.2 Å². The second-order valence-electron chi connectivity index (χ2n) is 5.61. The number of halogens is 2. The Morgan fingerprint density at radius 2 is 1.95 bits per heavy atom. The summed E-state index contributed by atoms with van der Waals surface area (Å²) in [6, 6.07) is 3.18. The molecular formula is C15H15F2NOS. The zero-order chi connectivity index (χ0) is 14.9. The molecule has 0 aliphatic rings. The second kappa shape index (κ2) is 5.40. The molecule has 106 valence electrons. The van der Waals surface area contributed by atoms with E-state index in [0.29, 0.717) is 5.01 Å². The van der Waals surface area contributed by atoms with Crippen LogP contribution in [0, 0.1) is 11.6 Å². The molecule has 0 fully saturated rings. The van der Waals surface area contributed by atoms with Crippen LogP contribution in [-0.2, 0) is 11.8 Å². The molecule has 0 saturated heterocycles. The van der Waals surface area contributed by atoms with Crippen molar-refractivity contribution in [2.75, 3.05) is 0 Å². The summed E-state index contributed by atoms with van der Waals surface area (Å²) in [4.78, 5) is 16.4. The summed E-state index contributed by atoms with van der Waals surface area (Å²) in [6.07, 6.45) is 0.103. The van der Waals surface area contributed by atoms with Crippen molar-refractivity contribution >= 4 is 17.1 Å². The monoisotopic (exact) mass is 295 g/mol. The van der Waals surface area contributed by atoms with Gasteiger partial charge in [-0.3, -0.25) is 4.79 Å². The molecule has 0 aliphatic heterocycles. The van der Waals surface area contributed by atoms with Crippen LogP contribution < -0.4 is 0 Å². The fraction of sp³-hybridized carbons (Fsp3) is 0.333. The van der Waals surface area contributed by atoms with Gasteiger partial charge in [0.05, 0.1) is 12.1 Å². The van der Waals surface area contributed by atoms with Crippen LogP contribution in [-0.4, -0.2) is 10.8 Å². The van der Waals surface area contributed by atoms with Gasteiger partial charge in [-0.25, -0.2) is 13.8 Å². The van der Waals surface area contributed by atoms with Crippen LogP contribution in [0.15, 0.2) is 23.6 Å². The second-order valence-corrected chi connectivity index (χ2v) is 6.55. The van der Waals surface area contributed by atoms with Crippen molar-refractivity contribution < 1.29 is 13.6 Å². The highest BCUT2D eigenvalue weighted by Crippen LogP contribution is 2.24. The topological polar surface area (TPSA) is 30.0 Å². The Hall–Kier alpha value is -1.62. The highest BCUT2D eigenvalue weighted by atomic mass is 32.1. The largest absolute Gasteiger partial charge is 0.294 e. The highest BCUT2D eigenvalue weighted by Gasteiger charge is 2.19. The number of nitrogens with zero attached hydrogens (tertiary/aromatic N) is 1. The Balaban J connectivity index is 2.15. The predicted octanol–water partition coefficient (Wildman–Crippen LogP) is 4.14. The zero-order valence-corrected chi connectivity index (χ0v) is 12.4. The van der Waals surface area contributed by atoms with Crippen molar-refractivity contribution in [1.82, 2.24) is 4.98 Å². The number of carbonyl (C=O) groups excluding carboxylic acids is 1. The third-order valence-electron chi connectivity index (χ3n) is 2.87. The molecule has 20 heavy (non-hydrogen) atoms. The average molecular weight is 295 g/mol. The quantitative estimate of drug-likeness (QED) is 0.796. The molecular weight excluding hydrogens is 280 g/mol. The first kappa shape index (κ1) is 14.8. The van der Waals surface area contributed by atoms with Gasteiger partial charge in [0.2, 0.25) is 0 Å². The van der Waals surface area contributed by atoms with Crippen LogP contribution in [0.3, 0.4) is 0 Å². The summed E-state index contributed by atoms with van der Waals surface area (Å²) < 4.78 is 25.9. The average Bonchev–Trinajstić information content (AvgIpc) is 2.81. The molecule has 2 nitrogen and oxygen atoms in total. The van der Waals surface area contributed by atoms with Crippen molar-refractivity contribution in [2.45, 2.75) is 32.6 Å². The number of aromatic nitrogens is 1. The van der Waals surface area contributed by atoms with Gasteiger partial charge in [0.15, 0.2) is 17.4 Å². The predicted molar refractivity (Wildman–Crippen MR) is 75.2 cm³/mol. The summed E-state index contributed by atoms with van der Waals surface area (Å²) in [5.74, 6) is -2.23. The minimum Gasteiger partial charge on any atom is -0.294 e. The lowest BCUT2D eigenvalue weighted by Crippen LogP contribution is -2.12. The molecule has 2 aromatic rings. The standard InChI is InChI=1S/C15H15F2NOS/c1-15(2,3)13-8-20-14(18-13)7-12(19)9-4-5-10(16)11(17)6-9/h4-6,8H,7H2,1-3H3. The Labute approximate surface area is 120 Å². The van der Waals surface area contributed by atoms with Gasteiger partial charge in [0.1, 0.15) is 5.01 Å². The molecule has 0 atom stereocenters. The fourth-order valence-electron chi connectivity index (χ4n) is 1.65. The van der Waals surface area contributed by atoms with Gasteiger partial charge < -0.3 is 0 Å². The van der Waals surface area contributed by atoms with E-state index in [9.17, 15) is 13.6 Å². The van der Waals surface area contributed by atoms with E-state index in [2.05, 4.69) is 4.98 Å². The van der Waals surface area contributed by atoms with Gasteiger partial charge in [-0.05, 0) is 18.2 Å². The van der Waals surface area contributed by atoms with Gasteiger partial charge in [-0.2, -0.15) is 0 Å². The van der Waals surface area contributed by atoms with E-state index in [0.717, 1.165) is 17.8 Å². The Morgan fingerprint density at radius 1 is 1.25 bits per heavy atom. The van der Waals surface area contributed by atoms with Gasteiger partial charge in [-0.1, -0.05) is 20.8 Å². The van der Waals surface area contributed by atoms with E-state index in [1.54, 1.807) is 0 Å². The number of carbonyl (C=O) groups is 1. The number of rotatable bonds is 3. The normalized spacial score (nSPS) is 11.7.